The average molecular weight is 368 g/mol. The lowest BCUT2D eigenvalue weighted by Gasteiger charge is -2.34. The molecule has 1 aliphatic heterocycles. The number of nitriles is 1. The molecule has 3 nitrogen and oxygen atoms in total. The predicted octanol–water partition coefficient (Wildman–Crippen LogP) is 3.46. The molecule has 1 heterocycles. The Hall–Kier alpha value is -2.02. The zero-order valence-corrected chi connectivity index (χ0v) is 12.4. The molecule has 1 aliphatic carbocycles. The average Bonchev–Trinajstić information content (AvgIpc) is 3.14. The van der Waals surface area contributed by atoms with Crippen LogP contribution in [0.5, 0.6) is 0 Å². The lowest BCUT2D eigenvalue weighted by atomic mass is 10.0. The van der Waals surface area contributed by atoms with Gasteiger partial charge in [-0.3, -0.25) is 0 Å². The van der Waals surface area contributed by atoms with Crippen LogP contribution in [0.15, 0.2) is 12.1 Å². The second kappa shape index (κ2) is 5.49. The van der Waals surface area contributed by atoms with Gasteiger partial charge in [-0.25, -0.2) is 4.39 Å². The zero-order valence-electron chi connectivity index (χ0n) is 12.4. The summed E-state index contributed by atoms with van der Waals surface area (Å²) in [6, 6.07) is 0.714. The molecule has 1 saturated heterocycles. The first kappa shape index (κ1) is 17.8. The monoisotopic (exact) mass is 368 g/mol. The Morgan fingerprint density at radius 3 is 2.36 bits per heavy atom. The molecule has 4 atom stereocenters. The topological polar surface area (TPSA) is 47.3 Å². The van der Waals surface area contributed by atoms with Gasteiger partial charge in [0.05, 0.1) is 11.6 Å². The van der Waals surface area contributed by atoms with Gasteiger partial charge in [0.15, 0.2) is 6.10 Å². The number of nitrogens with zero attached hydrogens (tertiary/aromatic N) is 2. The number of fused-ring (bicyclic) bond motifs is 1. The first-order chi connectivity index (χ1) is 11.4. The van der Waals surface area contributed by atoms with E-state index in [0.29, 0.717) is 18.6 Å². The highest BCUT2D eigenvalue weighted by atomic mass is 19.4. The quantitative estimate of drug-likeness (QED) is 0.814. The number of alkyl halides is 6. The van der Waals surface area contributed by atoms with Crippen LogP contribution in [0.4, 0.5) is 36.4 Å². The highest BCUT2D eigenvalue weighted by Gasteiger charge is 2.60. The summed E-state index contributed by atoms with van der Waals surface area (Å²) in [4.78, 5) is 0.955. The van der Waals surface area contributed by atoms with Gasteiger partial charge >= 0.3 is 12.4 Å². The standard InChI is InChI=1S/C15H11F7N2O/c16-11-3-7(2-10(9(11)4-23)14(17,18)19)24-5-6-1-8(6)12(24)13(25)15(20,21)22/h2-3,6,8,12-13,25H,1,5H2/t6-,8-,12+,13+/m0/s1. The second-order valence-electron chi connectivity index (χ2n) is 6.25. The number of hydrogen-bond acceptors (Lipinski definition) is 3. The Morgan fingerprint density at radius 1 is 1.20 bits per heavy atom. The lowest BCUT2D eigenvalue weighted by molar-refractivity contribution is -0.210. The highest BCUT2D eigenvalue weighted by molar-refractivity contribution is 5.58. The van der Waals surface area contributed by atoms with Gasteiger partial charge in [0.25, 0.3) is 0 Å². The largest absolute Gasteiger partial charge is 0.417 e. The van der Waals surface area contributed by atoms with Crippen LogP contribution in [0.3, 0.4) is 0 Å². The van der Waals surface area contributed by atoms with E-state index in [2.05, 4.69) is 0 Å². The molecule has 0 spiro atoms. The number of aliphatic hydroxyl groups excluding tert-OH is 1. The SMILES string of the molecule is N#Cc1c(F)cc(N2C[C@@H]3C[C@@H]3[C@@H]2[C@@H](O)C(F)(F)F)cc1C(F)(F)F. The van der Waals surface area contributed by atoms with Crippen LogP contribution >= 0.6 is 0 Å². The summed E-state index contributed by atoms with van der Waals surface area (Å²) in [6.07, 6.45) is -12.3. The van der Waals surface area contributed by atoms with Gasteiger partial charge in [0.1, 0.15) is 17.4 Å². The van der Waals surface area contributed by atoms with E-state index in [0.717, 1.165) is 11.0 Å². The normalized spacial score (nSPS) is 27.0. The van der Waals surface area contributed by atoms with Crippen molar-refractivity contribution in [1.29, 1.82) is 5.26 Å². The van der Waals surface area contributed by atoms with Crippen LogP contribution in [0.25, 0.3) is 0 Å². The minimum absolute atomic E-state index is 0.00882. The molecule has 1 N–H and O–H groups in total. The molecule has 2 aliphatic rings. The van der Waals surface area contributed by atoms with Gasteiger partial charge in [-0.2, -0.15) is 31.6 Å². The minimum Gasteiger partial charge on any atom is -0.382 e. The van der Waals surface area contributed by atoms with Crippen molar-refractivity contribution in [2.24, 2.45) is 11.8 Å². The zero-order chi connectivity index (χ0) is 18.7. The molecule has 2 fully saturated rings. The summed E-state index contributed by atoms with van der Waals surface area (Å²) < 4.78 is 91.7. The van der Waals surface area contributed by atoms with Crippen molar-refractivity contribution in [1.82, 2.24) is 0 Å². The van der Waals surface area contributed by atoms with Crippen molar-refractivity contribution in [2.45, 2.75) is 30.9 Å². The van der Waals surface area contributed by atoms with E-state index < -0.39 is 53.0 Å². The van der Waals surface area contributed by atoms with E-state index in [1.807, 2.05) is 0 Å². The fourth-order valence-electron chi connectivity index (χ4n) is 3.48. The van der Waals surface area contributed by atoms with Crippen molar-refractivity contribution in [3.8, 4) is 6.07 Å². The third kappa shape index (κ3) is 3.01. The molecule has 0 aromatic heterocycles. The number of rotatable bonds is 2. The Labute approximate surface area is 137 Å². The van der Waals surface area contributed by atoms with Gasteiger partial charge in [0, 0.05) is 12.2 Å². The van der Waals surface area contributed by atoms with Crippen molar-refractivity contribution in [2.75, 3.05) is 11.4 Å². The second-order valence-corrected chi connectivity index (χ2v) is 6.25. The smallest absolute Gasteiger partial charge is 0.382 e. The fraction of sp³-hybridized carbons (Fsp3) is 0.533. The first-order valence-corrected chi connectivity index (χ1v) is 7.27. The third-order valence-electron chi connectivity index (χ3n) is 4.69. The van der Waals surface area contributed by atoms with Gasteiger partial charge in [-0.1, -0.05) is 0 Å². The van der Waals surface area contributed by atoms with Crippen LogP contribution in [0.1, 0.15) is 17.5 Å². The summed E-state index contributed by atoms with van der Waals surface area (Å²) in [7, 11) is 0. The van der Waals surface area contributed by atoms with E-state index in [-0.39, 0.29) is 12.5 Å². The van der Waals surface area contributed by atoms with Gasteiger partial charge in [-0.05, 0) is 30.4 Å². The summed E-state index contributed by atoms with van der Waals surface area (Å²) >= 11 is 0. The van der Waals surface area contributed by atoms with Crippen molar-refractivity contribution < 1.29 is 35.8 Å². The van der Waals surface area contributed by atoms with Crippen LogP contribution in [-0.4, -0.2) is 30.0 Å². The fourth-order valence-corrected chi connectivity index (χ4v) is 3.48. The van der Waals surface area contributed by atoms with E-state index in [1.54, 1.807) is 0 Å². The van der Waals surface area contributed by atoms with Crippen molar-refractivity contribution >= 4 is 5.69 Å². The van der Waals surface area contributed by atoms with Crippen LogP contribution in [-0.2, 0) is 6.18 Å². The molecule has 0 unspecified atom stereocenters. The summed E-state index contributed by atoms with van der Waals surface area (Å²) in [5, 5.41) is 18.3. The number of anilines is 1. The number of hydrogen-bond donors (Lipinski definition) is 1. The van der Waals surface area contributed by atoms with Crippen LogP contribution in [0.2, 0.25) is 0 Å². The summed E-state index contributed by atoms with van der Waals surface area (Å²) in [5.41, 5.74) is -3.19. The number of benzene rings is 1. The number of piperidine rings is 1. The van der Waals surface area contributed by atoms with Gasteiger partial charge < -0.3 is 10.0 Å². The van der Waals surface area contributed by atoms with E-state index in [9.17, 15) is 35.8 Å². The molecule has 1 aromatic rings. The van der Waals surface area contributed by atoms with E-state index >= 15 is 0 Å². The molecule has 1 aromatic carbocycles. The van der Waals surface area contributed by atoms with Crippen LogP contribution in [0, 0.1) is 29.0 Å². The number of halogens is 7. The molecule has 10 heteroatoms. The Bertz CT molecular complexity index is 737. The first-order valence-electron chi connectivity index (χ1n) is 7.27. The van der Waals surface area contributed by atoms with Crippen molar-refractivity contribution in [3.63, 3.8) is 0 Å². The molecule has 0 radical (unpaired) electrons. The maximum atomic E-state index is 13.9. The third-order valence-corrected chi connectivity index (χ3v) is 4.69. The minimum atomic E-state index is -5.04. The Kier molecular flexibility index (Phi) is 3.91. The maximum absolute atomic E-state index is 13.9. The molecular weight excluding hydrogens is 357 g/mol. The highest BCUT2D eigenvalue weighted by Crippen LogP contribution is 2.53. The summed E-state index contributed by atoms with van der Waals surface area (Å²) in [5.74, 6) is -2.16. The lowest BCUT2D eigenvalue weighted by Crippen LogP contribution is -2.49. The Balaban J connectivity index is 2.04. The van der Waals surface area contributed by atoms with E-state index in [1.165, 1.54) is 0 Å². The molecule has 3 rings (SSSR count). The van der Waals surface area contributed by atoms with Gasteiger partial charge in [0.2, 0.25) is 0 Å². The van der Waals surface area contributed by atoms with Gasteiger partial charge in [-0.15, -0.1) is 0 Å². The molecule has 25 heavy (non-hydrogen) atoms. The van der Waals surface area contributed by atoms with Crippen molar-refractivity contribution in [3.05, 3.63) is 29.1 Å². The number of aliphatic hydroxyl groups is 1. The maximum Gasteiger partial charge on any atom is 0.417 e. The predicted molar refractivity (Wildman–Crippen MR) is 70.9 cm³/mol. The molecule has 136 valence electrons. The van der Waals surface area contributed by atoms with E-state index in [4.69, 9.17) is 5.26 Å². The molecular formula is C15H11F7N2O. The Morgan fingerprint density at radius 2 is 1.84 bits per heavy atom. The molecule has 0 amide bonds. The molecule has 1 saturated carbocycles. The van der Waals surface area contributed by atoms with Crippen LogP contribution < -0.4 is 4.90 Å². The summed E-state index contributed by atoms with van der Waals surface area (Å²) in [6.45, 7) is -0.00882. The molecule has 0 bridgehead atoms.